The quantitative estimate of drug-likeness (QED) is 0.435. The molecule has 1 aliphatic carbocycles. The minimum absolute atomic E-state index is 0.345. The lowest BCUT2D eigenvalue weighted by atomic mass is 10.1. The van der Waals surface area contributed by atoms with Crippen molar-refractivity contribution < 1.29 is 0 Å². The van der Waals surface area contributed by atoms with Gasteiger partial charge in [0.15, 0.2) is 5.82 Å². The number of fused-ring (bicyclic) bond motifs is 3. The summed E-state index contributed by atoms with van der Waals surface area (Å²) in [4.78, 5) is 23.3. The number of likely N-dealkylation sites (N-methyl/N-ethyl adjacent to an activating group) is 1. The first-order valence-electron chi connectivity index (χ1n) is 11.7. The van der Waals surface area contributed by atoms with Crippen LogP contribution < -0.4 is 5.32 Å². The van der Waals surface area contributed by atoms with Crippen LogP contribution in [-0.4, -0.2) is 64.5 Å². The molecule has 2 aliphatic rings. The van der Waals surface area contributed by atoms with Crippen molar-refractivity contribution in [3.63, 3.8) is 0 Å². The minimum atomic E-state index is 0.345. The lowest BCUT2D eigenvalue weighted by molar-refractivity contribution is 0.118. The maximum Gasteiger partial charge on any atom is 0.164 e. The number of nitrogens with zero attached hydrogens (tertiary/aromatic N) is 5. The molecule has 170 valence electrons. The first-order valence-corrected chi connectivity index (χ1v) is 13.4. The van der Waals surface area contributed by atoms with Gasteiger partial charge in [0.1, 0.15) is 10.6 Å². The van der Waals surface area contributed by atoms with Crippen molar-refractivity contribution in [1.29, 1.82) is 0 Å². The second-order valence-corrected chi connectivity index (χ2v) is 11.0. The summed E-state index contributed by atoms with van der Waals surface area (Å²) in [5.74, 6) is 1.74. The first-order chi connectivity index (χ1) is 16.3. The summed E-state index contributed by atoms with van der Waals surface area (Å²) >= 11 is 3.70. The Balaban J connectivity index is 1.36. The molecule has 33 heavy (non-hydrogen) atoms. The summed E-state index contributed by atoms with van der Waals surface area (Å²) < 4.78 is 0. The van der Waals surface area contributed by atoms with Crippen LogP contribution in [0.4, 0.5) is 5.82 Å². The molecule has 1 fully saturated rings. The number of nitrogens with one attached hydrogen (secondary N) is 1. The second kappa shape index (κ2) is 9.10. The molecule has 6 rings (SSSR count). The fraction of sp³-hybridized carbons (Fsp3) is 0.400. The lowest BCUT2D eigenvalue weighted by Crippen LogP contribution is -2.47. The Morgan fingerprint density at radius 2 is 2.00 bits per heavy atom. The van der Waals surface area contributed by atoms with Gasteiger partial charge >= 0.3 is 0 Å². The molecule has 1 saturated heterocycles. The van der Waals surface area contributed by atoms with Crippen molar-refractivity contribution in [2.45, 2.75) is 25.3 Å². The summed E-state index contributed by atoms with van der Waals surface area (Å²) in [5, 5.41) is 7.22. The van der Waals surface area contributed by atoms with Crippen molar-refractivity contribution in [3.05, 3.63) is 57.4 Å². The molecule has 0 bridgehead atoms. The van der Waals surface area contributed by atoms with Crippen LogP contribution in [0.15, 0.2) is 42.0 Å². The third-order valence-electron chi connectivity index (χ3n) is 6.80. The number of pyridine rings is 1. The highest BCUT2D eigenvalue weighted by Gasteiger charge is 2.27. The highest BCUT2D eigenvalue weighted by atomic mass is 32.1. The van der Waals surface area contributed by atoms with Crippen molar-refractivity contribution in [1.82, 2.24) is 24.8 Å². The van der Waals surface area contributed by atoms with Crippen LogP contribution in [0.3, 0.4) is 0 Å². The van der Waals surface area contributed by atoms with E-state index in [-0.39, 0.29) is 0 Å². The van der Waals surface area contributed by atoms with Gasteiger partial charge in [-0.25, -0.2) is 9.97 Å². The number of hydrogen-bond acceptors (Lipinski definition) is 8. The van der Waals surface area contributed by atoms with Crippen LogP contribution in [0.2, 0.25) is 0 Å². The van der Waals surface area contributed by atoms with E-state index in [1.54, 1.807) is 6.20 Å². The Labute approximate surface area is 202 Å². The highest BCUT2D eigenvalue weighted by molar-refractivity contribution is 7.19. The predicted octanol–water partition coefficient (Wildman–Crippen LogP) is 4.70. The molecule has 5 heterocycles. The molecular weight excluding hydrogens is 448 g/mol. The smallest absolute Gasteiger partial charge is 0.164 e. The maximum atomic E-state index is 5.05. The van der Waals surface area contributed by atoms with Crippen LogP contribution in [0.5, 0.6) is 0 Å². The summed E-state index contributed by atoms with van der Waals surface area (Å²) in [5.41, 5.74) is 2.42. The maximum absolute atomic E-state index is 5.05. The van der Waals surface area contributed by atoms with E-state index >= 15 is 0 Å². The molecule has 0 aromatic carbocycles. The zero-order chi connectivity index (χ0) is 22.2. The van der Waals surface area contributed by atoms with Gasteiger partial charge in [0.05, 0.1) is 11.4 Å². The van der Waals surface area contributed by atoms with Gasteiger partial charge in [-0.05, 0) is 55.5 Å². The molecule has 4 aromatic rings. The van der Waals surface area contributed by atoms with Crippen LogP contribution in [0.1, 0.15) is 27.8 Å². The van der Waals surface area contributed by atoms with Crippen molar-refractivity contribution in [2.24, 2.45) is 0 Å². The molecule has 8 heteroatoms. The zero-order valence-corrected chi connectivity index (χ0v) is 20.5. The van der Waals surface area contributed by atoms with Crippen LogP contribution in [0, 0.1) is 0 Å². The Morgan fingerprint density at radius 3 is 2.79 bits per heavy atom. The lowest BCUT2D eigenvalue weighted by Gasteiger charge is -2.37. The molecule has 0 amide bonds. The normalized spacial score (nSPS) is 18.0. The van der Waals surface area contributed by atoms with E-state index in [1.807, 2.05) is 41.0 Å². The van der Waals surface area contributed by atoms with E-state index < -0.39 is 0 Å². The molecule has 1 N–H and O–H groups in total. The van der Waals surface area contributed by atoms with Crippen molar-refractivity contribution in [3.8, 4) is 11.4 Å². The van der Waals surface area contributed by atoms with E-state index in [1.165, 1.54) is 27.1 Å². The highest BCUT2D eigenvalue weighted by Crippen LogP contribution is 2.40. The van der Waals surface area contributed by atoms with Crippen molar-refractivity contribution in [2.75, 3.05) is 45.1 Å². The monoisotopic (exact) mass is 476 g/mol. The fourth-order valence-electron chi connectivity index (χ4n) is 4.97. The third kappa shape index (κ3) is 4.17. The Kier molecular flexibility index (Phi) is 5.84. The summed E-state index contributed by atoms with van der Waals surface area (Å²) in [6, 6.07) is 8.77. The summed E-state index contributed by atoms with van der Waals surface area (Å²) in [6.45, 7) is 5.25. The molecule has 1 unspecified atom stereocenters. The van der Waals surface area contributed by atoms with Gasteiger partial charge in [0.25, 0.3) is 0 Å². The predicted molar refractivity (Wildman–Crippen MR) is 137 cm³/mol. The SMILES string of the molecule is CN1CCN(C(CNc2nc(-c3cccnc3)nc3sc4c(c23)CCC4)c2cccs2)CC1. The van der Waals surface area contributed by atoms with Gasteiger partial charge in [-0.1, -0.05) is 6.07 Å². The molecule has 1 aliphatic heterocycles. The third-order valence-corrected chi connectivity index (χ3v) is 8.96. The summed E-state index contributed by atoms with van der Waals surface area (Å²) in [6.07, 6.45) is 7.18. The van der Waals surface area contributed by atoms with Crippen LogP contribution in [-0.2, 0) is 12.8 Å². The Bertz CT molecular complexity index is 1230. The standard InChI is InChI=1S/C25H28N6S2/c1-30-10-12-31(13-11-30)19(21-8-4-14-32-21)16-27-24-22-18-6-2-7-20(18)33-25(22)29-23(28-24)17-5-3-9-26-15-17/h3-5,8-9,14-15,19H,2,6-7,10-13,16H2,1H3,(H,27,28,29). The zero-order valence-electron chi connectivity index (χ0n) is 18.8. The van der Waals surface area contributed by atoms with Gasteiger partial charge < -0.3 is 10.2 Å². The largest absolute Gasteiger partial charge is 0.367 e. The number of hydrogen-bond donors (Lipinski definition) is 1. The van der Waals surface area contributed by atoms with E-state index in [9.17, 15) is 0 Å². The first kappa shape index (κ1) is 21.2. The minimum Gasteiger partial charge on any atom is -0.367 e. The number of aryl methyl sites for hydroxylation is 2. The average Bonchev–Trinajstić information content (AvgIpc) is 3.59. The van der Waals surface area contributed by atoms with Gasteiger partial charge in [0, 0.05) is 60.4 Å². The van der Waals surface area contributed by atoms with Crippen LogP contribution >= 0.6 is 22.7 Å². The summed E-state index contributed by atoms with van der Waals surface area (Å²) in [7, 11) is 2.21. The van der Waals surface area contributed by atoms with E-state index in [4.69, 9.17) is 9.97 Å². The number of piperazine rings is 1. The van der Waals surface area contributed by atoms with Crippen LogP contribution in [0.25, 0.3) is 21.6 Å². The number of thiophene rings is 2. The number of aromatic nitrogens is 3. The molecule has 4 aromatic heterocycles. The molecular formula is C25H28N6S2. The second-order valence-electron chi connectivity index (χ2n) is 8.93. The fourth-order valence-corrected chi connectivity index (χ4v) is 7.09. The average molecular weight is 477 g/mol. The molecule has 6 nitrogen and oxygen atoms in total. The molecule has 0 saturated carbocycles. The molecule has 0 radical (unpaired) electrons. The van der Waals surface area contributed by atoms with E-state index in [2.05, 4.69) is 44.7 Å². The Morgan fingerprint density at radius 1 is 1.09 bits per heavy atom. The van der Waals surface area contributed by atoms with E-state index in [0.29, 0.717) is 6.04 Å². The van der Waals surface area contributed by atoms with Gasteiger partial charge in [-0.3, -0.25) is 9.88 Å². The number of rotatable bonds is 6. The Hall–Kier alpha value is -2.39. The van der Waals surface area contributed by atoms with E-state index in [0.717, 1.165) is 67.6 Å². The van der Waals surface area contributed by atoms with Gasteiger partial charge in [0.2, 0.25) is 0 Å². The number of anilines is 1. The molecule has 1 atom stereocenters. The van der Waals surface area contributed by atoms with Crippen molar-refractivity contribution >= 4 is 38.7 Å². The molecule has 0 spiro atoms. The van der Waals surface area contributed by atoms with Gasteiger partial charge in [-0.2, -0.15) is 0 Å². The van der Waals surface area contributed by atoms with Gasteiger partial charge in [-0.15, -0.1) is 22.7 Å². The topological polar surface area (TPSA) is 57.2 Å².